The third kappa shape index (κ3) is 17.8. The van der Waals surface area contributed by atoms with Gasteiger partial charge in [-0.05, 0) is 111 Å². The number of ether oxygens (including phenoxy) is 11. The lowest BCUT2D eigenvalue weighted by atomic mass is 9.79. The summed E-state index contributed by atoms with van der Waals surface area (Å²) in [6.45, 7) is 21.9. The number of aliphatic hydroxyl groups excluding tert-OH is 2. The fourth-order valence-electron chi connectivity index (χ4n) is 11.9. The molecule has 0 spiro atoms. The summed E-state index contributed by atoms with van der Waals surface area (Å²) in [4.78, 5) is 58.7. The van der Waals surface area contributed by atoms with Crippen LogP contribution in [0.5, 0.6) is 0 Å². The van der Waals surface area contributed by atoms with E-state index in [1.807, 2.05) is 59.4 Å². The average Bonchev–Trinajstić information content (AvgIpc) is 3.88. The van der Waals surface area contributed by atoms with E-state index in [1.165, 1.54) is 28.1 Å². The highest BCUT2D eigenvalue weighted by atomic mass is 16.8. The van der Waals surface area contributed by atoms with E-state index < -0.39 is 134 Å². The van der Waals surface area contributed by atoms with Gasteiger partial charge in [-0.3, -0.25) is 19.2 Å². The topological polar surface area (TPSA) is 237 Å². The Morgan fingerprint density at radius 1 is 0.883 bits per heavy atom. The Hall–Kier alpha value is -2.96. The minimum Gasteiger partial charge on any atom is -0.462 e. The molecule has 20 heteroatoms. The first kappa shape index (κ1) is 64.9. The molecular weight excluding hydrogens is 1000 g/mol. The number of cyclic esters (lactones) is 1. The van der Waals surface area contributed by atoms with Gasteiger partial charge in [-0.25, -0.2) is 0 Å². The number of hydrogen-bond acceptors (Lipinski definition) is 20. The maximum Gasteiger partial charge on any atom is 0.309 e. The van der Waals surface area contributed by atoms with Gasteiger partial charge in [0.15, 0.2) is 30.8 Å². The molecule has 1 unspecified atom stereocenters. The van der Waals surface area contributed by atoms with Crippen LogP contribution in [0.2, 0.25) is 0 Å². The fraction of sp³-hybridized carbons (Fsp3) is 0.860. The number of likely N-dealkylation sites (N-methyl/N-ethyl adjacent to an activating group) is 1. The highest BCUT2D eigenvalue weighted by Gasteiger charge is 2.53. The molecule has 0 aliphatic carbocycles. The van der Waals surface area contributed by atoms with Gasteiger partial charge >= 0.3 is 17.9 Å². The number of methoxy groups -OCH3 is 2. The lowest BCUT2D eigenvalue weighted by molar-refractivity contribution is -0.378. The van der Waals surface area contributed by atoms with Crippen LogP contribution in [0.1, 0.15) is 128 Å². The number of aliphatic hydroxyl groups is 3. The van der Waals surface area contributed by atoms with Gasteiger partial charge in [-0.15, -0.1) is 0 Å². The molecule has 5 aliphatic heterocycles. The van der Waals surface area contributed by atoms with Crippen LogP contribution < -0.4 is 0 Å². The summed E-state index contributed by atoms with van der Waals surface area (Å²) in [5.41, 5.74) is 0.724. The molecule has 0 saturated carbocycles. The van der Waals surface area contributed by atoms with E-state index in [0.717, 1.165) is 31.5 Å². The highest BCUT2D eigenvalue weighted by molar-refractivity contribution is 5.91. The lowest BCUT2D eigenvalue weighted by Gasteiger charge is -2.50. The molecule has 5 aliphatic rings. The van der Waals surface area contributed by atoms with Gasteiger partial charge in [0, 0.05) is 57.7 Å². The predicted molar refractivity (Wildman–Crippen MR) is 283 cm³/mol. The minimum atomic E-state index is -1.88. The van der Waals surface area contributed by atoms with E-state index in [1.54, 1.807) is 40.1 Å². The Morgan fingerprint density at radius 2 is 1.55 bits per heavy atom. The summed E-state index contributed by atoms with van der Waals surface area (Å²) in [6, 6.07) is -0.746. The van der Waals surface area contributed by atoms with E-state index in [9.17, 15) is 34.5 Å². The number of esters is 3. The highest BCUT2D eigenvalue weighted by Crippen LogP contribution is 2.40. The van der Waals surface area contributed by atoms with E-state index in [2.05, 4.69) is 4.90 Å². The molecule has 0 bridgehead atoms. The smallest absolute Gasteiger partial charge is 0.309 e. The van der Waals surface area contributed by atoms with Gasteiger partial charge in [0.25, 0.3) is 0 Å². The molecule has 5 heterocycles. The van der Waals surface area contributed by atoms with Crippen molar-refractivity contribution in [1.82, 2.24) is 9.80 Å². The number of nitrogens with zero attached hydrogens (tertiary/aromatic N) is 2. The van der Waals surface area contributed by atoms with Gasteiger partial charge in [0.2, 0.25) is 5.79 Å². The number of carbonyl (C=O) groups is 4. The Kier molecular flexibility index (Phi) is 25.0. The molecule has 77 heavy (non-hydrogen) atoms. The molecule has 5 rings (SSSR count). The maximum atomic E-state index is 14.4. The third-order valence-corrected chi connectivity index (χ3v) is 16.1. The second kappa shape index (κ2) is 29.7. The monoisotopic (exact) mass is 1100 g/mol. The summed E-state index contributed by atoms with van der Waals surface area (Å²) in [5, 5.41) is 34.8. The number of carbonyl (C=O) groups excluding carboxylic acids is 4. The van der Waals surface area contributed by atoms with Crippen molar-refractivity contribution in [3.05, 3.63) is 23.8 Å². The Bertz CT molecular complexity index is 1940. The molecule has 0 aromatic rings. The van der Waals surface area contributed by atoms with Crippen molar-refractivity contribution >= 4 is 23.7 Å². The van der Waals surface area contributed by atoms with Gasteiger partial charge in [-0.2, -0.15) is 0 Å². The number of allylic oxidation sites excluding steroid dienone is 3. The van der Waals surface area contributed by atoms with Crippen molar-refractivity contribution < 1.29 is 86.6 Å². The number of hydrogen-bond donors (Lipinski definition) is 3. The van der Waals surface area contributed by atoms with Crippen LogP contribution in [-0.4, -0.2) is 201 Å². The predicted octanol–water partition coefficient (Wildman–Crippen LogP) is 5.10. The van der Waals surface area contributed by atoms with Gasteiger partial charge in [0.1, 0.15) is 42.7 Å². The van der Waals surface area contributed by atoms with Crippen LogP contribution in [0.25, 0.3) is 0 Å². The maximum absolute atomic E-state index is 14.4. The van der Waals surface area contributed by atoms with Gasteiger partial charge in [0.05, 0.1) is 37.4 Å². The largest absolute Gasteiger partial charge is 0.462 e. The zero-order valence-corrected chi connectivity index (χ0v) is 48.7. The number of rotatable bonds is 18. The fourth-order valence-corrected chi connectivity index (χ4v) is 11.9. The van der Waals surface area contributed by atoms with E-state index >= 15 is 0 Å². The number of ketones is 1. The molecule has 0 aromatic carbocycles. The van der Waals surface area contributed by atoms with Crippen LogP contribution in [0.3, 0.4) is 0 Å². The summed E-state index contributed by atoms with van der Waals surface area (Å²) >= 11 is 0. The van der Waals surface area contributed by atoms with Crippen LogP contribution in [-0.2, 0) is 71.3 Å². The normalized spacial score (nSPS) is 41.4. The van der Waals surface area contributed by atoms with Crippen molar-refractivity contribution in [2.45, 2.75) is 225 Å². The molecule has 4 fully saturated rings. The molecule has 21 atom stereocenters. The van der Waals surface area contributed by atoms with Crippen LogP contribution >= 0.6 is 0 Å². The van der Waals surface area contributed by atoms with Crippen molar-refractivity contribution in [3.63, 3.8) is 0 Å². The average molecular weight is 1100 g/mol. The standard InChI is InChI=1S/C57H96N2O18/c1-16-42-40(30-69-56-53(68-15)52(67-14)48(64)36(8)70-56)26-32(4)19-20-41(61)33(5)27-39(21-24-59-22-17-18-23-59)50(35(7)43(72-38(10)60)29-45(63)73-42)76-55-49(65)47(58(12)13)51(37(9)71-55)75-46-28-34(6)54(57(11,66)77-46)74-44(62)25-31(2)3/h19-20,26,31,33-37,39-40,42-43,46-56,64-66H,16-18,21-25,27-30H2,1-15H3/b20-19+,32-26+/t33-,34-,35?,36-,37-,39+,40-,42-,43-,46+,47-,48-,49-,50+,51-,52-,53-,54+,55+,56-,57-/m1/s1. The second-order valence-electron chi connectivity index (χ2n) is 23.3. The molecule has 0 radical (unpaired) electrons. The molecule has 3 N–H and O–H groups in total. The first-order chi connectivity index (χ1) is 36.3. The van der Waals surface area contributed by atoms with Crippen LogP contribution in [0.4, 0.5) is 0 Å². The Labute approximate surface area is 458 Å². The molecule has 0 amide bonds. The zero-order valence-electron chi connectivity index (χ0n) is 48.7. The third-order valence-electron chi connectivity index (χ3n) is 16.1. The Morgan fingerprint density at radius 3 is 2.14 bits per heavy atom. The molecule has 4 saturated heterocycles. The minimum absolute atomic E-state index is 0.00473. The van der Waals surface area contributed by atoms with E-state index in [0.29, 0.717) is 25.8 Å². The second-order valence-corrected chi connectivity index (χ2v) is 23.3. The van der Waals surface area contributed by atoms with Crippen molar-refractivity contribution in [1.29, 1.82) is 0 Å². The van der Waals surface area contributed by atoms with E-state index in [-0.39, 0.29) is 49.4 Å². The Balaban J connectivity index is 1.47. The summed E-state index contributed by atoms with van der Waals surface area (Å²) in [7, 11) is 6.57. The summed E-state index contributed by atoms with van der Waals surface area (Å²) in [5.74, 6) is -6.12. The lowest BCUT2D eigenvalue weighted by Crippen LogP contribution is -2.65. The van der Waals surface area contributed by atoms with Crippen molar-refractivity contribution in [3.8, 4) is 0 Å². The van der Waals surface area contributed by atoms with Crippen molar-refractivity contribution in [2.75, 3.05) is 54.6 Å². The molecule has 20 nitrogen and oxygen atoms in total. The van der Waals surface area contributed by atoms with Crippen molar-refractivity contribution in [2.24, 2.45) is 35.5 Å². The van der Waals surface area contributed by atoms with Crippen LogP contribution in [0, 0.1) is 35.5 Å². The molecule has 442 valence electrons. The van der Waals surface area contributed by atoms with Crippen LogP contribution in [0.15, 0.2) is 23.8 Å². The van der Waals surface area contributed by atoms with Gasteiger partial charge < -0.3 is 77.2 Å². The van der Waals surface area contributed by atoms with Gasteiger partial charge in [-0.1, -0.05) is 59.3 Å². The first-order valence-corrected chi connectivity index (χ1v) is 28.2. The molecule has 0 aromatic heterocycles. The van der Waals surface area contributed by atoms with E-state index in [4.69, 9.17) is 52.1 Å². The zero-order chi connectivity index (χ0) is 57.1. The quantitative estimate of drug-likeness (QED) is 0.120. The first-order valence-electron chi connectivity index (χ1n) is 28.2. The SMILES string of the molecule is CC[C@H]1OC(=O)C[C@@H](OC(C)=O)C(C)[C@H](O[C@@H]2O[C@H](C)[C@@H](O[C@@H]3C[C@@H](C)[C@H](OC(=O)CC(C)C)[C@](C)(O)O3)[C@H](N(C)C)[C@H]2O)[C@@H](CCN2CCCC2)C[C@@H](C)C(=O)/C=C/C(C)=C/[C@@H]1CO[C@@H]1O[C@H](C)[C@@H](O)[C@@H](OC)[C@H]1OC. The number of likely N-dealkylation sites (tertiary alicyclic amines) is 1. The molecular formula is C57H96N2O18. The summed E-state index contributed by atoms with van der Waals surface area (Å²) < 4.78 is 68.3. The summed E-state index contributed by atoms with van der Waals surface area (Å²) in [6.07, 6.45) is -4.02.